The third kappa shape index (κ3) is 4.01. The number of hydrogen-bond acceptors (Lipinski definition) is 5. The van der Waals surface area contributed by atoms with Crippen LogP contribution in [0.3, 0.4) is 0 Å². The van der Waals surface area contributed by atoms with Crippen molar-refractivity contribution in [2.75, 3.05) is 37.7 Å². The molecule has 1 aromatic carbocycles. The lowest BCUT2D eigenvalue weighted by Crippen LogP contribution is -2.59. The summed E-state index contributed by atoms with van der Waals surface area (Å²) in [6.45, 7) is 6.46. The fourth-order valence-electron chi connectivity index (χ4n) is 4.29. The van der Waals surface area contributed by atoms with Gasteiger partial charge in [-0.2, -0.15) is 0 Å². The van der Waals surface area contributed by atoms with E-state index in [1.807, 2.05) is 19.1 Å². The first-order chi connectivity index (χ1) is 12.0. The molecule has 1 aromatic rings. The summed E-state index contributed by atoms with van der Waals surface area (Å²) in [6, 6.07) is 8.49. The van der Waals surface area contributed by atoms with Gasteiger partial charge in [0.2, 0.25) is 0 Å². The highest BCUT2D eigenvalue weighted by Crippen LogP contribution is 2.34. The number of benzene rings is 1. The number of rotatable bonds is 6. The van der Waals surface area contributed by atoms with Crippen molar-refractivity contribution in [3.8, 4) is 5.75 Å². The molecule has 0 bridgehead atoms. The summed E-state index contributed by atoms with van der Waals surface area (Å²) in [5.74, 6) is 2.34. The van der Waals surface area contributed by atoms with Crippen LogP contribution in [0.15, 0.2) is 24.3 Å². The average Bonchev–Trinajstić information content (AvgIpc) is 3.31. The molecule has 2 heterocycles. The Morgan fingerprint density at radius 3 is 2.56 bits per heavy atom. The lowest BCUT2D eigenvalue weighted by Gasteiger charge is -2.44. The van der Waals surface area contributed by atoms with Crippen LogP contribution in [-0.4, -0.2) is 68.0 Å². The maximum absolute atomic E-state index is 12.3. The highest BCUT2D eigenvalue weighted by molar-refractivity contribution is 7.91. The van der Waals surface area contributed by atoms with Crippen LogP contribution in [-0.2, 0) is 16.4 Å². The molecule has 6 heteroatoms. The summed E-state index contributed by atoms with van der Waals surface area (Å²) in [4.78, 5) is 4.84. The summed E-state index contributed by atoms with van der Waals surface area (Å²) >= 11 is 0. The second kappa shape index (κ2) is 6.89. The highest BCUT2D eigenvalue weighted by Gasteiger charge is 2.47. The zero-order valence-corrected chi connectivity index (χ0v) is 15.7. The Kier molecular flexibility index (Phi) is 4.77. The molecule has 0 spiro atoms. The van der Waals surface area contributed by atoms with Crippen molar-refractivity contribution in [3.63, 3.8) is 0 Å². The SMILES string of the molecule is CCOc1cccc(CN2CCN(CC3CC3)C3CS(=O)(=O)CC32)c1. The Morgan fingerprint density at radius 2 is 1.84 bits per heavy atom. The van der Waals surface area contributed by atoms with E-state index in [9.17, 15) is 8.42 Å². The van der Waals surface area contributed by atoms with Crippen LogP contribution in [0.1, 0.15) is 25.3 Å². The predicted molar refractivity (Wildman–Crippen MR) is 98.5 cm³/mol. The minimum atomic E-state index is -2.93. The Bertz CT molecular complexity index is 717. The zero-order chi connectivity index (χ0) is 17.4. The van der Waals surface area contributed by atoms with Gasteiger partial charge in [-0.15, -0.1) is 0 Å². The summed E-state index contributed by atoms with van der Waals surface area (Å²) in [5, 5.41) is 0. The van der Waals surface area contributed by atoms with Gasteiger partial charge in [-0.3, -0.25) is 9.80 Å². The first-order valence-electron chi connectivity index (χ1n) is 9.44. The van der Waals surface area contributed by atoms with E-state index in [-0.39, 0.29) is 12.1 Å². The molecule has 3 fully saturated rings. The second-order valence-corrected chi connectivity index (χ2v) is 9.85. The molecule has 0 radical (unpaired) electrons. The first-order valence-corrected chi connectivity index (χ1v) is 11.3. The van der Waals surface area contributed by atoms with Crippen molar-refractivity contribution >= 4 is 9.84 Å². The van der Waals surface area contributed by atoms with Crippen molar-refractivity contribution in [2.45, 2.75) is 38.4 Å². The standard InChI is InChI=1S/C19H28N2O3S/c1-2-24-17-5-3-4-16(10-17)12-21-9-8-20(11-15-6-7-15)18-13-25(22,23)14-19(18)21/h3-5,10,15,18-19H,2,6-9,11-14H2,1H3. The van der Waals surface area contributed by atoms with E-state index in [0.29, 0.717) is 18.1 Å². The molecule has 1 saturated carbocycles. The van der Waals surface area contributed by atoms with Gasteiger partial charge in [0, 0.05) is 38.3 Å². The molecule has 138 valence electrons. The smallest absolute Gasteiger partial charge is 0.153 e. The van der Waals surface area contributed by atoms with Gasteiger partial charge >= 0.3 is 0 Å². The Morgan fingerprint density at radius 1 is 1.12 bits per heavy atom. The molecule has 25 heavy (non-hydrogen) atoms. The number of hydrogen-bond donors (Lipinski definition) is 0. The Balaban J connectivity index is 1.49. The van der Waals surface area contributed by atoms with Gasteiger partial charge in [0.05, 0.1) is 18.1 Å². The molecule has 1 aliphatic carbocycles. The first kappa shape index (κ1) is 17.3. The highest BCUT2D eigenvalue weighted by atomic mass is 32.2. The average molecular weight is 365 g/mol. The summed E-state index contributed by atoms with van der Waals surface area (Å²) in [7, 11) is -2.93. The fourth-order valence-corrected chi connectivity index (χ4v) is 6.33. The van der Waals surface area contributed by atoms with E-state index in [4.69, 9.17) is 4.74 Å². The molecule has 2 atom stereocenters. The number of piperazine rings is 1. The lowest BCUT2D eigenvalue weighted by molar-refractivity contribution is 0.0376. The quantitative estimate of drug-likeness (QED) is 0.770. The third-order valence-corrected chi connectivity index (χ3v) is 7.39. The molecule has 2 unspecified atom stereocenters. The molecule has 2 aliphatic heterocycles. The number of nitrogens with zero attached hydrogens (tertiary/aromatic N) is 2. The molecule has 3 aliphatic rings. The minimum absolute atomic E-state index is 0.133. The fraction of sp³-hybridized carbons (Fsp3) is 0.684. The molecular weight excluding hydrogens is 336 g/mol. The van der Waals surface area contributed by atoms with E-state index < -0.39 is 9.84 Å². The lowest BCUT2D eigenvalue weighted by atomic mass is 10.0. The van der Waals surface area contributed by atoms with Gasteiger partial charge < -0.3 is 4.74 Å². The normalized spacial score (nSPS) is 29.5. The second-order valence-electron chi connectivity index (χ2n) is 7.70. The van der Waals surface area contributed by atoms with Gasteiger partial charge in [0.15, 0.2) is 9.84 Å². The van der Waals surface area contributed by atoms with Crippen LogP contribution >= 0.6 is 0 Å². The van der Waals surface area contributed by atoms with Crippen molar-refractivity contribution in [2.24, 2.45) is 5.92 Å². The van der Waals surface area contributed by atoms with Crippen molar-refractivity contribution < 1.29 is 13.2 Å². The van der Waals surface area contributed by atoms with Crippen LogP contribution in [0.4, 0.5) is 0 Å². The number of fused-ring (bicyclic) bond motifs is 1. The molecule has 4 rings (SSSR count). The van der Waals surface area contributed by atoms with Crippen molar-refractivity contribution in [1.29, 1.82) is 0 Å². The largest absolute Gasteiger partial charge is 0.494 e. The maximum atomic E-state index is 12.3. The summed E-state index contributed by atoms with van der Waals surface area (Å²) < 4.78 is 30.2. The van der Waals surface area contributed by atoms with Crippen LogP contribution in [0.2, 0.25) is 0 Å². The van der Waals surface area contributed by atoms with Crippen LogP contribution in [0.25, 0.3) is 0 Å². The van der Waals surface area contributed by atoms with Gasteiger partial charge in [0.25, 0.3) is 0 Å². The van der Waals surface area contributed by atoms with Gasteiger partial charge in [0.1, 0.15) is 5.75 Å². The van der Waals surface area contributed by atoms with E-state index in [0.717, 1.165) is 37.8 Å². The van der Waals surface area contributed by atoms with Gasteiger partial charge in [-0.25, -0.2) is 8.42 Å². The minimum Gasteiger partial charge on any atom is -0.494 e. The molecule has 0 aromatic heterocycles. The van der Waals surface area contributed by atoms with Gasteiger partial charge in [-0.05, 0) is 43.4 Å². The number of sulfone groups is 1. The predicted octanol–water partition coefficient (Wildman–Crippen LogP) is 1.78. The van der Waals surface area contributed by atoms with Crippen molar-refractivity contribution in [3.05, 3.63) is 29.8 Å². The Labute approximate surface area is 150 Å². The van der Waals surface area contributed by atoms with E-state index >= 15 is 0 Å². The molecule has 2 saturated heterocycles. The monoisotopic (exact) mass is 364 g/mol. The molecule has 5 nitrogen and oxygen atoms in total. The Hall–Kier alpha value is -1.11. The number of ether oxygens (including phenoxy) is 1. The molecule has 0 amide bonds. The van der Waals surface area contributed by atoms with E-state index in [2.05, 4.69) is 21.9 Å². The summed E-state index contributed by atoms with van der Waals surface area (Å²) in [5.41, 5.74) is 1.20. The van der Waals surface area contributed by atoms with E-state index in [1.54, 1.807) is 0 Å². The van der Waals surface area contributed by atoms with E-state index in [1.165, 1.54) is 18.4 Å². The van der Waals surface area contributed by atoms with Gasteiger partial charge in [-0.1, -0.05) is 12.1 Å². The van der Waals surface area contributed by atoms with Crippen LogP contribution < -0.4 is 4.74 Å². The molecule has 0 N–H and O–H groups in total. The maximum Gasteiger partial charge on any atom is 0.153 e. The molecular formula is C19H28N2O3S. The summed E-state index contributed by atoms with van der Waals surface area (Å²) in [6.07, 6.45) is 2.63. The van der Waals surface area contributed by atoms with Crippen molar-refractivity contribution in [1.82, 2.24) is 9.80 Å². The zero-order valence-electron chi connectivity index (χ0n) is 14.9. The van der Waals surface area contributed by atoms with Crippen LogP contribution in [0, 0.1) is 5.92 Å². The third-order valence-electron chi connectivity index (χ3n) is 5.69. The topological polar surface area (TPSA) is 49.9 Å². The van der Waals surface area contributed by atoms with Crippen LogP contribution in [0.5, 0.6) is 5.75 Å².